The number of ether oxygens (including phenoxy) is 1. The number of carbonyl (C=O) groups excluding carboxylic acids is 1. The van der Waals surface area contributed by atoms with Crippen molar-refractivity contribution in [1.82, 2.24) is 19.5 Å². The fourth-order valence-electron chi connectivity index (χ4n) is 3.37. The molecule has 1 amide bonds. The van der Waals surface area contributed by atoms with E-state index in [0.717, 1.165) is 42.8 Å². The number of aromatic nitrogens is 3. The summed E-state index contributed by atoms with van der Waals surface area (Å²) in [6.07, 6.45) is 3.95. The van der Waals surface area contributed by atoms with E-state index in [1.807, 2.05) is 47.5 Å². The monoisotopic (exact) mass is 440 g/mol. The topological polar surface area (TPSA) is 126 Å². The number of aliphatic carboxylic acids is 1. The lowest BCUT2D eigenvalue weighted by Gasteiger charge is -2.35. The maximum atomic E-state index is 12.7. The van der Waals surface area contributed by atoms with E-state index < -0.39 is 5.97 Å². The third kappa shape index (κ3) is 6.42. The molecule has 0 atom stereocenters. The molecule has 0 spiro atoms. The van der Waals surface area contributed by atoms with Crippen LogP contribution in [0, 0.1) is 0 Å². The number of rotatable bonds is 6. The zero-order chi connectivity index (χ0) is 22.9. The van der Waals surface area contributed by atoms with E-state index in [4.69, 9.17) is 20.4 Å². The molecule has 3 aromatic rings. The molecule has 1 fully saturated rings. The van der Waals surface area contributed by atoms with Crippen LogP contribution in [0.4, 0.5) is 5.82 Å². The van der Waals surface area contributed by atoms with Crippen LogP contribution in [-0.2, 0) is 16.0 Å². The minimum absolute atomic E-state index is 0.133. The van der Waals surface area contributed by atoms with Gasteiger partial charge in [0.15, 0.2) is 5.65 Å². The Morgan fingerprint density at radius 1 is 1.16 bits per heavy atom. The number of piperazine rings is 1. The molecule has 1 aliphatic heterocycles. The number of carbonyl (C=O) groups is 2. The van der Waals surface area contributed by atoms with Crippen molar-refractivity contribution in [2.75, 3.05) is 44.2 Å². The first-order valence-corrected chi connectivity index (χ1v) is 10.4. The first kappa shape index (κ1) is 23.0. The number of hydrogen-bond donors (Lipinski definition) is 2. The third-order valence-electron chi connectivity index (χ3n) is 4.84. The van der Waals surface area contributed by atoms with Crippen LogP contribution in [0.15, 0.2) is 48.8 Å². The normalized spacial score (nSPS) is 13.4. The second-order valence-electron chi connectivity index (χ2n) is 7.27. The largest absolute Gasteiger partial charge is 0.492 e. The summed E-state index contributed by atoms with van der Waals surface area (Å²) in [6, 6.07) is 11.6. The van der Waals surface area contributed by atoms with Crippen molar-refractivity contribution in [3.8, 4) is 5.75 Å². The molecule has 3 N–H and O–H groups in total. The van der Waals surface area contributed by atoms with Crippen LogP contribution in [0.25, 0.3) is 5.65 Å². The van der Waals surface area contributed by atoms with Gasteiger partial charge in [-0.25, -0.2) is 9.50 Å². The minimum atomic E-state index is -0.833. The Bertz CT molecular complexity index is 1040. The Kier molecular flexibility index (Phi) is 7.98. The van der Waals surface area contributed by atoms with Crippen molar-refractivity contribution in [3.05, 3.63) is 54.4 Å². The van der Waals surface area contributed by atoms with Gasteiger partial charge in [0.1, 0.15) is 18.2 Å². The molecule has 10 heteroatoms. The number of benzene rings is 1. The van der Waals surface area contributed by atoms with Crippen LogP contribution in [0.5, 0.6) is 5.75 Å². The molecule has 1 saturated heterocycles. The average molecular weight is 441 g/mol. The number of carboxylic acid groups (broad SMARTS) is 1. The second kappa shape index (κ2) is 11.1. The summed E-state index contributed by atoms with van der Waals surface area (Å²) in [5, 5.41) is 12.0. The van der Waals surface area contributed by atoms with Gasteiger partial charge in [-0.1, -0.05) is 12.1 Å². The van der Waals surface area contributed by atoms with Crippen LogP contribution in [-0.4, -0.2) is 75.8 Å². The van der Waals surface area contributed by atoms with E-state index in [0.29, 0.717) is 32.7 Å². The van der Waals surface area contributed by atoms with Gasteiger partial charge >= 0.3 is 0 Å². The Balaban J connectivity index is 0.000000668. The highest BCUT2D eigenvalue weighted by Gasteiger charge is 2.22. The lowest BCUT2D eigenvalue weighted by molar-refractivity contribution is -0.134. The lowest BCUT2D eigenvalue weighted by atomic mass is 10.1. The molecule has 0 aliphatic carbocycles. The van der Waals surface area contributed by atoms with E-state index in [-0.39, 0.29) is 5.91 Å². The molecule has 4 rings (SSSR count). The fourth-order valence-corrected chi connectivity index (χ4v) is 3.37. The lowest BCUT2D eigenvalue weighted by Crippen LogP contribution is -2.49. The number of hydrogen-bond acceptors (Lipinski definition) is 7. The number of nitrogens with zero attached hydrogens (tertiary/aromatic N) is 5. The third-order valence-corrected chi connectivity index (χ3v) is 4.84. The fraction of sp³-hybridized carbons (Fsp3) is 0.364. The molecule has 32 heavy (non-hydrogen) atoms. The SMILES string of the molecule is CC(=O)O.NCCOc1cccc(CC(=O)N2CCN(c3ccc4nccn4n3)CC2)c1. The van der Waals surface area contributed by atoms with Gasteiger partial charge < -0.3 is 25.4 Å². The maximum Gasteiger partial charge on any atom is 0.300 e. The first-order chi connectivity index (χ1) is 15.5. The summed E-state index contributed by atoms with van der Waals surface area (Å²) in [7, 11) is 0. The van der Waals surface area contributed by atoms with Crippen LogP contribution in [0.2, 0.25) is 0 Å². The number of carboxylic acids is 1. The number of imidazole rings is 1. The van der Waals surface area contributed by atoms with Crippen LogP contribution in [0.1, 0.15) is 12.5 Å². The predicted molar refractivity (Wildman–Crippen MR) is 120 cm³/mol. The van der Waals surface area contributed by atoms with Crippen molar-refractivity contribution < 1.29 is 19.4 Å². The summed E-state index contributed by atoms with van der Waals surface area (Å²) >= 11 is 0. The summed E-state index contributed by atoms with van der Waals surface area (Å²) in [5.74, 6) is 0.956. The van der Waals surface area contributed by atoms with Gasteiger partial charge in [-0.2, -0.15) is 0 Å². The summed E-state index contributed by atoms with van der Waals surface area (Å²) < 4.78 is 7.31. The molecule has 10 nitrogen and oxygen atoms in total. The average Bonchev–Trinajstić information content (AvgIpc) is 3.25. The smallest absolute Gasteiger partial charge is 0.300 e. The van der Waals surface area contributed by atoms with E-state index in [9.17, 15) is 4.79 Å². The number of nitrogens with two attached hydrogens (primary N) is 1. The first-order valence-electron chi connectivity index (χ1n) is 10.4. The predicted octanol–water partition coefficient (Wildman–Crippen LogP) is 1.05. The van der Waals surface area contributed by atoms with Crippen LogP contribution in [0.3, 0.4) is 0 Å². The Morgan fingerprint density at radius 3 is 2.62 bits per heavy atom. The van der Waals surface area contributed by atoms with Gasteiger partial charge in [-0.3, -0.25) is 9.59 Å². The highest BCUT2D eigenvalue weighted by atomic mass is 16.5. The molecule has 1 aliphatic rings. The van der Waals surface area contributed by atoms with E-state index >= 15 is 0 Å². The number of fused-ring (bicyclic) bond motifs is 1. The quantitative estimate of drug-likeness (QED) is 0.582. The summed E-state index contributed by atoms with van der Waals surface area (Å²) in [6.45, 7) is 4.92. The van der Waals surface area contributed by atoms with Gasteiger partial charge in [0.05, 0.1) is 6.42 Å². The van der Waals surface area contributed by atoms with Crippen molar-refractivity contribution >= 4 is 23.3 Å². The zero-order valence-corrected chi connectivity index (χ0v) is 18.1. The van der Waals surface area contributed by atoms with Gasteiger partial charge in [-0.05, 0) is 29.8 Å². The van der Waals surface area contributed by atoms with Crippen molar-refractivity contribution in [1.29, 1.82) is 0 Å². The van der Waals surface area contributed by atoms with Crippen molar-refractivity contribution in [2.45, 2.75) is 13.3 Å². The molecule has 1 aromatic carbocycles. The summed E-state index contributed by atoms with van der Waals surface area (Å²) in [4.78, 5) is 30.0. The maximum absolute atomic E-state index is 12.7. The molecular formula is C22H28N6O4. The number of anilines is 1. The molecule has 0 unspecified atom stereocenters. The van der Waals surface area contributed by atoms with Gasteiger partial charge in [0, 0.05) is 52.0 Å². The summed E-state index contributed by atoms with van der Waals surface area (Å²) in [5.41, 5.74) is 7.25. The molecular weight excluding hydrogens is 412 g/mol. The Labute approximate surface area is 186 Å². The zero-order valence-electron chi connectivity index (χ0n) is 18.1. The highest BCUT2D eigenvalue weighted by molar-refractivity contribution is 5.79. The standard InChI is InChI=1S/C20H24N6O2.C2H4O2/c21-6-13-28-17-3-1-2-16(14-17)15-20(27)25-11-9-24(10-12-25)19-5-4-18-22-7-8-26(18)23-19;1-2(3)4/h1-5,7-8,14H,6,9-13,15,21H2;1H3,(H,3,4). The van der Waals surface area contributed by atoms with Gasteiger partial charge in [0.25, 0.3) is 5.97 Å². The van der Waals surface area contributed by atoms with Gasteiger partial charge in [0.2, 0.25) is 5.91 Å². The molecule has 0 saturated carbocycles. The second-order valence-corrected chi connectivity index (χ2v) is 7.27. The minimum Gasteiger partial charge on any atom is -0.492 e. The van der Waals surface area contributed by atoms with Gasteiger partial charge in [-0.15, -0.1) is 5.10 Å². The molecule has 0 radical (unpaired) electrons. The van der Waals surface area contributed by atoms with E-state index in [1.54, 1.807) is 10.7 Å². The van der Waals surface area contributed by atoms with Crippen LogP contribution >= 0.6 is 0 Å². The van der Waals surface area contributed by atoms with Crippen LogP contribution < -0.4 is 15.4 Å². The van der Waals surface area contributed by atoms with E-state index in [2.05, 4.69) is 15.0 Å². The molecule has 2 aromatic heterocycles. The number of amides is 1. The van der Waals surface area contributed by atoms with E-state index in [1.165, 1.54) is 0 Å². The molecule has 0 bridgehead atoms. The molecule has 170 valence electrons. The highest BCUT2D eigenvalue weighted by Crippen LogP contribution is 2.17. The van der Waals surface area contributed by atoms with Crippen molar-refractivity contribution in [3.63, 3.8) is 0 Å². The van der Waals surface area contributed by atoms with Crippen molar-refractivity contribution in [2.24, 2.45) is 5.73 Å². The molecule has 3 heterocycles. The Morgan fingerprint density at radius 2 is 1.91 bits per heavy atom. The Hall–Kier alpha value is -3.66.